The molecule has 112 valence electrons. The van der Waals surface area contributed by atoms with Gasteiger partial charge in [-0.3, -0.25) is 14.3 Å². The number of likely N-dealkylation sites (N-methyl/N-ethyl adjacent to an activating group) is 1. The lowest BCUT2D eigenvalue weighted by molar-refractivity contribution is 0.149. The third-order valence-electron chi connectivity index (χ3n) is 3.76. The van der Waals surface area contributed by atoms with Crippen LogP contribution in [0.1, 0.15) is 25.6 Å². The van der Waals surface area contributed by atoms with Crippen LogP contribution in [0.15, 0.2) is 10.9 Å². The maximum atomic E-state index is 12.1. The zero-order chi connectivity index (χ0) is 14.7. The molecule has 0 aliphatic carbocycles. The first kappa shape index (κ1) is 15.5. The van der Waals surface area contributed by atoms with E-state index in [4.69, 9.17) is 11.6 Å². The molecule has 5 nitrogen and oxygen atoms in total. The lowest BCUT2D eigenvalue weighted by Crippen LogP contribution is -2.46. The van der Waals surface area contributed by atoms with Crippen molar-refractivity contribution in [2.75, 3.05) is 39.8 Å². The number of hydrogen-bond acceptors (Lipinski definition) is 4. The van der Waals surface area contributed by atoms with Gasteiger partial charge in [-0.05, 0) is 7.05 Å². The van der Waals surface area contributed by atoms with E-state index in [9.17, 15) is 4.79 Å². The smallest absolute Gasteiger partial charge is 0.255 e. The first-order valence-electron chi connectivity index (χ1n) is 7.15. The molecule has 0 atom stereocenters. The molecule has 1 fully saturated rings. The van der Waals surface area contributed by atoms with Gasteiger partial charge in [0.1, 0.15) is 11.0 Å². The van der Waals surface area contributed by atoms with Gasteiger partial charge in [0.15, 0.2) is 0 Å². The topological polar surface area (TPSA) is 41.4 Å². The van der Waals surface area contributed by atoms with Crippen molar-refractivity contribution in [1.29, 1.82) is 0 Å². The van der Waals surface area contributed by atoms with Crippen molar-refractivity contribution in [2.24, 2.45) is 0 Å². The van der Waals surface area contributed by atoms with E-state index in [1.807, 2.05) is 13.8 Å². The molecule has 2 heterocycles. The van der Waals surface area contributed by atoms with Gasteiger partial charge in [0.2, 0.25) is 0 Å². The zero-order valence-corrected chi connectivity index (χ0v) is 13.2. The largest absolute Gasteiger partial charge is 0.304 e. The average Bonchev–Trinajstić information content (AvgIpc) is 2.38. The molecule has 1 saturated heterocycles. The summed E-state index contributed by atoms with van der Waals surface area (Å²) < 4.78 is 1.76. The van der Waals surface area contributed by atoms with E-state index in [-0.39, 0.29) is 16.6 Å². The van der Waals surface area contributed by atoms with Crippen molar-refractivity contribution >= 4 is 11.6 Å². The molecule has 0 saturated carbocycles. The minimum absolute atomic E-state index is 0.0529. The molecule has 1 aromatic heterocycles. The van der Waals surface area contributed by atoms with Crippen LogP contribution in [0.25, 0.3) is 0 Å². The van der Waals surface area contributed by atoms with Gasteiger partial charge in [-0.15, -0.1) is 0 Å². The highest BCUT2D eigenvalue weighted by Gasteiger charge is 2.16. The second-order valence-electron chi connectivity index (χ2n) is 5.73. The van der Waals surface area contributed by atoms with Crippen LogP contribution in [0.4, 0.5) is 0 Å². The van der Waals surface area contributed by atoms with Gasteiger partial charge >= 0.3 is 0 Å². The lowest BCUT2D eigenvalue weighted by Gasteiger charge is -2.32. The van der Waals surface area contributed by atoms with Gasteiger partial charge in [0, 0.05) is 51.3 Å². The Bertz CT molecular complexity index is 506. The Labute approximate surface area is 125 Å². The van der Waals surface area contributed by atoms with E-state index in [0.29, 0.717) is 6.54 Å². The predicted octanol–water partition coefficient (Wildman–Crippen LogP) is 1.27. The van der Waals surface area contributed by atoms with Crippen LogP contribution in [0.2, 0.25) is 5.15 Å². The summed E-state index contributed by atoms with van der Waals surface area (Å²) in [6.07, 6.45) is 0. The number of rotatable bonds is 4. The quantitative estimate of drug-likeness (QED) is 0.785. The third kappa shape index (κ3) is 3.81. The molecule has 0 spiro atoms. The summed E-state index contributed by atoms with van der Waals surface area (Å²) >= 11 is 5.89. The fourth-order valence-electron chi connectivity index (χ4n) is 2.47. The van der Waals surface area contributed by atoms with Gasteiger partial charge in [-0.2, -0.15) is 0 Å². The van der Waals surface area contributed by atoms with Crippen molar-refractivity contribution in [3.63, 3.8) is 0 Å². The van der Waals surface area contributed by atoms with Gasteiger partial charge < -0.3 is 4.90 Å². The van der Waals surface area contributed by atoms with Crippen LogP contribution in [0, 0.1) is 0 Å². The van der Waals surface area contributed by atoms with Crippen LogP contribution >= 0.6 is 11.6 Å². The molecule has 1 aliphatic rings. The van der Waals surface area contributed by atoms with E-state index in [0.717, 1.165) is 38.5 Å². The first-order valence-corrected chi connectivity index (χ1v) is 7.53. The summed E-state index contributed by atoms with van der Waals surface area (Å²) in [4.78, 5) is 21.1. The molecule has 2 rings (SSSR count). The van der Waals surface area contributed by atoms with Gasteiger partial charge in [-0.1, -0.05) is 25.4 Å². The number of hydrogen-bond donors (Lipinski definition) is 0. The van der Waals surface area contributed by atoms with E-state index < -0.39 is 0 Å². The molecule has 0 radical (unpaired) electrons. The first-order chi connectivity index (χ1) is 9.47. The summed E-state index contributed by atoms with van der Waals surface area (Å²) in [6, 6.07) is 1.40. The van der Waals surface area contributed by atoms with Crippen molar-refractivity contribution in [1.82, 2.24) is 19.4 Å². The van der Waals surface area contributed by atoms with Crippen LogP contribution < -0.4 is 5.56 Å². The Morgan fingerprint density at radius 1 is 1.25 bits per heavy atom. The SMILES string of the molecule is CC(C)c1nc(Cl)cc(=O)n1CCN1CCN(C)CC1. The van der Waals surface area contributed by atoms with Gasteiger partial charge in [-0.25, -0.2) is 4.98 Å². The van der Waals surface area contributed by atoms with Crippen LogP contribution in [0.3, 0.4) is 0 Å². The molecular weight excluding hydrogens is 276 g/mol. The maximum absolute atomic E-state index is 12.1. The molecule has 6 heteroatoms. The fraction of sp³-hybridized carbons (Fsp3) is 0.714. The molecule has 0 aromatic carbocycles. The van der Waals surface area contributed by atoms with E-state index in [1.54, 1.807) is 4.57 Å². The van der Waals surface area contributed by atoms with Gasteiger partial charge in [0.25, 0.3) is 5.56 Å². The number of nitrogens with zero attached hydrogens (tertiary/aromatic N) is 4. The molecule has 1 aliphatic heterocycles. The minimum Gasteiger partial charge on any atom is -0.304 e. The molecule has 1 aromatic rings. The maximum Gasteiger partial charge on any atom is 0.255 e. The number of aromatic nitrogens is 2. The molecule has 0 unspecified atom stereocenters. The third-order valence-corrected chi connectivity index (χ3v) is 3.95. The average molecular weight is 299 g/mol. The molecular formula is C14H23ClN4O. The Hall–Kier alpha value is -0.910. The minimum atomic E-state index is -0.0529. The summed E-state index contributed by atoms with van der Waals surface area (Å²) in [6.45, 7) is 9.92. The summed E-state index contributed by atoms with van der Waals surface area (Å²) in [5, 5.41) is 0.287. The normalized spacial score (nSPS) is 17.9. The highest BCUT2D eigenvalue weighted by molar-refractivity contribution is 6.29. The monoisotopic (exact) mass is 298 g/mol. The zero-order valence-electron chi connectivity index (χ0n) is 12.5. The predicted molar refractivity (Wildman–Crippen MR) is 81.5 cm³/mol. The van der Waals surface area contributed by atoms with Crippen LogP contribution in [0.5, 0.6) is 0 Å². The van der Waals surface area contributed by atoms with E-state index in [1.165, 1.54) is 6.07 Å². The summed E-state index contributed by atoms with van der Waals surface area (Å²) in [7, 11) is 2.14. The van der Waals surface area contributed by atoms with E-state index >= 15 is 0 Å². The van der Waals surface area contributed by atoms with Crippen LogP contribution in [-0.4, -0.2) is 59.1 Å². The van der Waals surface area contributed by atoms with Crippen LogP contribution in [-0.2, 0) is 6.54 Å². The summed E-state index contributed by atoms with van der Waals surface area (Å²) in [5.74, 6) is 0.963. The number of piperazine rings is 1. The van der Waals surface area contributed by atoms with Crippen molar-refractivity contribution in [3.8, 4) is 0 Å². The molecule has 0 amide bonds. The van der Waals surface area contributed by atoms with Crippen molar-refractivity contribution in [2.45, 2.75) is 26.3 Å². The van der Waals surface area contributed by atoms with Gasteiger partial charge in [0.05, 0.1) is 0 Å². The Kier molecular flexibility index (Phi) is 5.18. The second kappa shape index (κ2) is 6.70. The second-order valence-corrected chi connectivity index (χ2v) is 6.11. The Morgan fingerprint density at radius 3 is 2.50 bits per heavy atom. The summed E-state index contributed by atoms with van der Waals surface area (Å²) in [5.41, 5.74) is -0.0529. The Balaban J connectivity index is 2.07. The standard InChI is InChI=1S/C14H23ClN4O/c1-11(2)14-16-12(15)10-13(20)19(14)9-8-18-6-4-17(3)5-7-18/h10-11H,4-9H2,1-3H3. The van der Waals surface area contributed by atoms with Crippen molar-refractivity contribution < 1.29 is 0 Å². The number of halogens is 1. The Morgan fingerprint density at radius 2 is 1.90 bits per heavy atom. The van der Waals surface area contributed by atoms with Crippen molar-refractivity contribution in [3.05, 3.63) is 27.4 Å². The van der Waals surface area contributed by atoms with E-state index in [2.05, 4.69) is 21.8 Å². The highest BCUT2D eigenvalue weighted by atomic mass is 35.5. The molecule has 0 N–H and O–H groups in total. The molecule has 20 heavy (non-hydrogen) atoms. The fourth-order valence-corrected chi connectivity index (χ4v) is 2.65. The lowest BCUT2D eigenvalue weighted by atomic mass is 10.2. The molecule has 0 bridgehead atoms. The highest BCUT2D eigenvalue weighted by Crippen LogP contribution is 2.13.